The second kappa shape index (κ2) is 11.8. The highest BCUT2D eigenvalue weighted by Crippen LogP contribution is 2.22. The lowest BCUT2D eigenvalue weighted by atomic mass is 10.2. The van der Waals surface area contributed by atoms with Crippen molar-refractivity contribution in [2.75, 3.05) is 13.7 Å². The summed E-state index contributed by atoms with van der Waals surface area (Å²) >= 11 is 0.995. The summed E-state index contributed by atoms with van der Waals surface area (Å²) in [6.45, 7) is 1.72. The van der Waals surface area contributed by atoms with Gasteiger partial charge in [0.1, 0.15) is 6.54 Å². The van der Waals surface area contributed by atoms with Crippen LogP contribution in [0.25, 0.3) is 10.2 Å². The van der Waals surface area contributed by atoms with E-state index in [1.807, 2.05) is 30.3 Å². The van der Waals surface area contributed by atoms with E-state index < -0.39 is 31.9 Å². The van der Waals surface area contributed by atoms with Gasteiger partial charge in [0.15, 0.2) is 4.80 Å². The molecule has 0 saturated heterocycles. The minimum absolute atomic E-state index is 0.0113. The highest BCUT2D eigenvalue weighted by molar-refractivity contribution is 7.89. The molecule has 210 valence electrons. The van der Waals surface area contributed by atoms with Gasteiger partial charge in [-0.25, -0.2) is 22.0 Å². The van der Waals surface area contributed by atoms with Crippen molar-refractivity contribution in [3.8, 4) is 0 Å². The van der Waals surface area contributed by atoms with Crippen LogP contribution >= 0.6 is 11.3 Å². The van der Waals surface area contributed by atoms with Crippen LogP contribution in [0.15, 0.2) is 87.6 Å². The van der Waals surface area contributed by atoms with Crippen LogP contribution in [0.2, 0.25) is 0 Å². The van der Waals surface area contributed by atoms with E-state index in [0.717, 1.165) is 16.9 Å². The SMILES string of the molecule is CCOC(=O)Cn1c(=NC(=O)c2ccc(S(=O)(=O)N(C)Cc3ccccc3)cc2)sc2cc(S(N)(=O)=O)ccc21. The number of benzene rings is 3. The molecule has 0 saturated carbocycles. The number of carbonyl (C=O) groups is 2. The van der Waals surface area contributed by atoms with E-state index in [0.29, 0.717) is 10.2 Å². The van der Waals surface area contributed by atoms with Crippen molar-refractivity contribution in [3.63, 3.8) is 0 Å². The quantitative estimate of drug-likeness (QED) is 0.288. The monoisotopic (exact) mass is 602 g/mol. The van der Waals surface area contributed by atoms with Crippen LogP contribution in [-0.2, 0) is 42.7 Å². The lowest BCUT2D eigenvalue weighted by Gasteiger charge is -2.17. The number of fused-ring (bicyclic) bond motifs is 1. The normalized spacial score (nSPS) is 12.7. The third-order valence-electron chi connectivity index (χ3n) is 5.83. The number of thiazole rings is 1. The van der Waals surface area contributed by atoms with Gasteiger partial charge in [-0.05, 0) is 55.0 Å². The van der Waals surface area contributed by atoms with Gasteiger partial charge in [0.25, 0.3) is 5.91 Å². The summed E-state index contributed by atoms with van der Waals surface area (Å²) in [6.07, 6.45) is 0. The maximum absolute atomic E-state index is 13.1. The fourth-order valence-electron chi connectivity index (χ4n) is 3.83. The number of nitrogens with zero attached hydrogens (tertiary/aromatic N) is 3. The summed E-state index contributed by atoms with van der Waals surface area (Å²) in [7, 11) is -6.33. The van der Waals surface area contributed by atoms with Gasteiger partial charge in [0.05, 0.1) is 26.6 Å². The van der Waals surface area contributed by atoms with Gasteiger partial charge in [-0.2, -0.15) is 9.30 Å². The molecule has 11 nitrogen and oxygen atoms in total. The van der Waals surface area contributed by atoms with Crippen molar-refractivity contribution in [3.05, 3.63) is 88.7 Å². The van der Waals surface area contributed by atoms with Crippen molar-refractivity contribution in [1.29, 1.82) is 0 Å². The van der Waals surface area contributed by atoms with Crippen LogP contribution in [0.4, 0.5) is 0 Å². The minimum atomic E-state index is -3.98. The number of esters is 1. The molecule has 0 radical (unpaired) electrons. The molecule has 4 rings (SSSR count). The molecule has 40 heavy (non-hydrogen) atoms. The third-order valence-corrected chi connectivity index (χ3v) is 9.60. The van der Waals surface area contributed by atoms with Gasteiger partial charge in [-0.15, -0.1) is 0 Å². The van der Waals surface area contributed by atoms with Crippen molar-refractivity contribution in [1.82, 2.24) is 8.87 Å². The summed E-state index contributed by atoms with van der Waals surface area (Å²) in [4.78, 5) is 29.5. The number of nitrogens with two attached hydrogens (primary N) is 1. The molecule has 0 aliphatic rings. The molecular formula is C26H26N4O7S3. The predicted octanol–water partition coefficient (Wildman–Crippen LogP) is 2.48. The van der Waals surface area contributed by atoms with E-state index in [-0.39, 0.29) is 39.9 Å². The van der Waals surface area contributed by atoms with Crippen molar-refractivity contribution >= 4 is 53.5 Å². The molecule has 3 aromatic carbocycles. The topological polar surface area (TPSA) is 158 Å². The molecule has 2 N–H and O–H groups in total. The molecular weight excluding hydrogens is 577 g/mol. The second-order valence-corrected chi connectivity index (χ2v) is 13.3. The summed E-state index contributed by atoms with van der Waals surface area (Å²) < 4.78 is 57.8. The number of amides is 1. The van der Waals surface area contributed by atoms with E-state index in [1.165, 1.54) is 58.4 Å². The Labute approximate surface area is 235 Å². The first-order valence-corrected chi connectivity index (χ1v) is 15.7. The Kier molecular flexibility index (Phi) is 8.65. The van der Waals surface area contributed by atoms with Gasteiger partial charge in [0, 0.05) is 19.2 Å². The molecule has 0 unspecified atom stereocenters. The van der Waals surface area contributed by atoms with E-state index >= 15 is 0 Å². The molecule has 0 spiro atoms. The first kappa shape index (κ1) is 29.3. The summed E-state index contributed by atoms with van der Waals surface area (Å²) in [5.41, 5.74) is 1.41. The van der Waals surface area contributed by atoms with E-state index in [2.05, 4.69) is 4.99 Å². The predicted molar refractivity (Wildman–Crippen MR) is 149 cm³/mol. The minimum Gasteiger partial charge on any atom is -0.465 e. The van der Waals surface area contributed by atoms with E-state index in [1.54, 1.807) is 6.92 Å². The second-order valence-electron chi connectivity index (χ2n) is 8.64. The first-order valence-electron chi connectivity index (χ1n) is 11.9. The zero-order chi connectivity index (χ0) is 29.1. The van der Waals surface area contributed by atoms with Crippen LogP contribution in [0.5, 0.6) is 0 Å². The number of sulfonamides is 2. The molecule has 1 heterocycles. The Hall–Kier alpha value is -3.69. The number of hydrogen-bond donors (Lipinski definition) is 1. The Balaban J connectivity index is 1.66. The molecule has 1 amide bonds. The number of aromatic nitrogens is 1. The number of primary sulfonamides is 1. The van der Waals surface area contributed by atoms with Crippen molar-refractivity contribution in [2.24, 2.45) is 10.1 Å². The highest BCUT2D eigenvalue weighted by atomic mass is 32.2. The molecule has 0 aliphatic heterocycles. The maximum atomic E-state index is 13.1. The molecule has 0 fully saturated rings. The first-order chi connectivity index (χ1) is 18.9. The summed E-state index contributed by atoms with van der Waals surface area (Å²) in [5, 5.41) is 5.24. The Morgan fingerprint density at radius 2 is 1.62 bits per heavy atom. The lowest BCUT2D eigenvalue weighted by molar-refractivity contribution is -0.143. The Morgan fingerprint density at radius 1 is 0.975 bits per heavy atom. The molecule has 14 heteroatoms. The molecule has 1 aromatic heterocycles. The average molecular weight is 603 g/mol. The van der Waals surface area contributed by atoms with Crippen LogP contribution in [0.1, 0.15) is 22.8 Å². The number of carbonyl (C=O) groups excluding carboxylic acids is 2. The molecule has 0 aliphatic carbocycles. The molecule has 0 bridgehead atoms. The summed E-state index contributed by atoms with van der Waals surface area (Å²) in [5.74, 6) is -1.25. The number of hydrogen-bond acceptors (Lipinski definition) is 8. The standard InChI is InChI=1S/C26H26N4O7S3/c1-3-37-24(31)17-30-22-14-13-21(39(27,33)34)15-23(22)38-26(30)28-25(32)19-9-11-20(12-10-19)40(35,36)29(2)16-18-7-5-4-6-8-18/h4-15H,3,16-17H2,1-2H3,(H2,27,33,34). The van der Waals surface area contributed by atoms with Gasteiger partial charge in [-0.1, -0.05) is 41.7 Å². The third kappa shape index (κ3) is 6.54. The maximum Gasteiger partial charge on any atom is 0.326 e. The van der Waals surface area contributed by atoms with Crippen molar-refractivity contribution in [2.45, 2.75) is 29.8 Å². The Bertz CT molecular complexity index is 1850. The smallest absolute Gasteiger partial charge is 0.326 e. The van der Waals surface area contributed by atoms with Crippen LogP contribution in [0, 0.1) is 0 Å². The van der Waals surface area contributed by atoms with Crippen molar-refractivity contribution < 1.29 is 31.2 Å². The molecule has 4 aromatic rings. The van der Waals surface area contributed by atoms with Gasteiger partial charge >= 0.3 is 5.97 Å². The van der Waals surface area contributed by atoms with Crippen LogP contribution in [0.3, 0.4) is 0 Å². The average Bonchev–Trinajstić information content (AvgIpc) is 3.24. The zero-order valence-corrected chi connectivity index (χ0v) is 24.0. The van der Waals surface area contributed by atoms with E-state index in [9.17, 15) is 26.4 Å². The number of rotatable bonds is 9. The Morgan fingerprint density at radius 3 is 2.25 bits per heavy atom. The lowest BCUT2D eigenvalue weighted by Crippen LogP contribution is -2.26. The van der Waals surface area contributed by atoms with Crippen LogP contribution in [-0.4, -0.2) is 51.2 Å². The fraction of sp³-hybridized carbons (Fsp3) is 0.192. The largest absolute Gasteiger partial charge is 0.465 e. The highest BCUT2D eigenvalue weighted by Gasteiger charge is 2.22. The summed E-state index contributed by atoms with van der Waals surface area (Å²) in [6, 6.07) is 18.6. The zero-order valence-electron chi connectivity index (χ0n) is 21.6. The molecule has 0 atom stereocenters. The fourth-order valence-corrected chi connectivity index (χ4v) is 6.67. The number of ether oxygens (including phenoxy) is 1. The van der Waals surface area contributed by atoms with Gasteiger partial charge in [0.2, 0.25) is 20.0 Å². The van der Waals surface area contributed by atoms with Crippen LogP contribution < -0.4 is 9.94 Å². The van der Waals surface area contributed by atoms with Gasteiger partial charge < -0.3 is 9.30 Å². The van der Waals surface area contributed by atoms with Gasteiger partial charge in [-0.3, -0.25) is 9.59 Å². The van der Waals surface area contributed by atoms with E-state index in [4.69, 9.17) is 9.88 Å².